The molecular weight excluding hydrogens is 196 g/mol. The summed E-state index contributed by atoms with van der Waals surface area (Å²) in [4.78, 5) is 0. The number of hydrogen-bond acceptors (Lipinski definition) is 1. The van der Waals surface area contributed by atoms with Crippen molar-refractivity contribution in [1.29, 1.82) is 0 Å². The molecule has 0 aliphatic heterocycles. The number of rotatable bonds is 2. The predicted octanol–water partition coefficient (Wildman–Crippen LogP) is 4.47. The SMILES string of the molecule is CC[C@@H]1CCC[C@@H](c2ccc(O)cc2)CC1. The fraction of sp³-hybridized carbons (Fsp3) is 0.600. The highest BCUT2D eigenvalue weighted by atomic mass is 16.3. The van der Waals surface area contributed by atoms with Gasteiger partial charge in [0.25, 0.3) is 0 Å². The van der Waals surface area contributed by atoms with Crippen molar-refractivity contribution in [1.82, 2.24) is 0 Å². The molecule has 1 fully saturated rings. The third-order valence-electron chi connectivity index (χ3n) is 4.03. The first-order chi connectivity index (χ1) is 7.79. The van der Waals surface area contributed by atoms with Crippen molar-refractivity contribution in [3.05, 3.63) is 29.8 Å². The molecule has 1 nitrogen and oxygen atoms in total. The highest BCUT2D eigenvalue weighted by molar-refractivity contribution is 5.28. The minimum Gasteiger partial charge on any atom is -0.508 e. The molecule has 88 valence electrons. The summed E-state index contributed by atoms with van der Waals surface area (Å²) in [6.07, 6.45) is 8.13. The Morgan fingerprint density at radius 3 is 2.50 bits per heavy atom. The summed E-state index contributed by atoms with van der Waals surface area (Å²) in [5, 5.41) is 9.29. The molecule has 16 heavy (non-hydrogen) atoms. The van der Waals surface area contributed by atoms with E-state index in [0.29, 0.717) is 5.75 Å². The molecule has 1 N–H and O–H groups in total. The molecule has 0 amide bonds. The van der Waals surface area contributed by atoms with Crippen LogP contribution in [0.5, 0.6) is 5.75 Å². The third-order valence-corrected chi connectivity index (χ3v) is 4.03. The third kappa shape index (κ3) is 2.78. The average molecular weight is 218 g/mol. The summed E-state index contributed by atoms with van der Waals surface area (Å²) in [6, 6.07) is 7.81. The standard InChI is InChI=1S/C15H22O/c1-2-12-4-3-5-13(7-6-12)14-8-10-15(16)11-9-14/h8-13,16H,2-7H2,1H3/t12-,13-/m1/s1. The first-order valence-corrected chi connectivity index (χ1v) is 6.58. The van der Waals surface area contributed by atoms with E-state index in [1.165, 1.54) is 44.1 Å². The van der Waals surface area contributed by atoms with Crippen LogP contribution in [0.4, 0.5) is 0 Å². The van der Waals surface area contributed by atoms with Crippen LogP contribution in [0.3, 0.4) is 0 Å². The van der Waals surface area contributed by atoms with Gasteiger partial charge in [-0.1, -0.05) is 38.3 Å². The Morgan fingerprint density at radius 2 is 1.81 bits per heavy atom. The Balaban J connectivity index is 2.02. The second kappa shape index (κ2) is 5.38. The summed E-state index contributed by atoms with van der Waals surface area (Å²) in [6.45, 7) is 2.31. The van der Waals surface area contributed by atoms with Gasteiger partial charge in [0.1, 0.15) is 5.75 Å². The number of phenols is 1. The lowest BCUT2D eigenvalue weighted by Crippen LogP contribution is -1.98. The lowest BCUT2D eigenvalue weighted by atomic mass is 9.91. The van der Waals surface area contributed by atoms with Crippen molar-refractivity contribution in [3.8, 4) is 5.75 Å². The zero-order valence-electron chi connectivity index (χ0n) is 10.2. The van der Waals surface area contributed by atoms with Crippen LogP contribution >= 0.6 is 0 Å². The van der Waals surface area contributed by atoms with E-state index in [1.807, 2.05) is 12.1 Å². The molecule has 2 rings (SSSR count). The monoisotopic (exact) mass is 218 g/mol. The zero-order valence-corrected chi connectivity index (χ0v) is 10.2. The maximum Gasteiger partial charge on any atom is 0.115 e. The molecule has 1 aromatic rings. The van der Waals surface area contributed by atoms with Crippen LogP contribution in [-0.4, -0.2) is 5.11 Å². The first-order valence-electron chi connectivity index (χ1n) is 6.58. The Labute approximate surface area is 98.5 Å². The maximum absolute atomic E-state index is 9.29. The van der Waals surface area contributed by atoms with E-state index in [1.54, 1.807) is 0 Å². The molecule has 0 unspecified atom stereocenters. The summed E-state index contributed by atoms with van der Waals surface area (Å²) in [7, 11) is 0. The van der Waals surface area contributed by atoms with Gasteiger partial charge in [-0.05, 0) is 48.8 Å². The molecule has 0 spiro atoms. The van der Waals surface area contributed by atoms with Crippen LogP contribution in [-0.2, 0) is 0 Å². The van der Waals surface area contributed by atoms with E-state index >= 15 is 0 Å². The van der Waals surface area contributed by atoms with Gasteiger partial charge >= 0.3 is 0 Å². The quantitative estimate of drug-likeness (QED) is 0.726. The lowest BCUT2D eigenvalue weighted by Gasteiger charge is -2.15. The molecule has 0 heterocycles. The molecule has 1 heteroatoms. The van der Waals surface area contributed by atoms with E-state index in [0.717, 1.165) is 11.8 Å². The van der Waals surface area contributed by atoms with Crippen LogP contribution in [0.15, 0.2) is 24.3 Å². The van der Waals surface area contributed by atoms with Crippen molar-refractivity contribution in [2.24, 2.45) is 5.92 Å². The molecule has 0 bridgehead atoms. The highest BCUT2D eigenvalue weighted by Gasteiger charge is 2.18. The van der Waals surface area contributed by atoms with Crippen LogP contribution in [0.25, 0.3) is 0 Å². The second-order valence-corrected chi connectivity index (χ2v) is 5.07. The van der Waals surface area contributed by atoms with Gasteiger partial charge in [-0.25, -0.2) is 0 Å². The predicted molar refractivity (Wildman–Crippen MR) is 67.7 cm³/mol. The minimum absolute atomic E-state index is 0.379. The highest BCUT2D eigenvalue weighted by Crippen LogP contribution is 2.35. The molecule has 2 atom stereocenters. The Morgan fingerprint density at radius 1 is 1.06 bits per heavy atom. The van der Waals surface area contributed by atoms with Crippen molar-refractivity contribution in [3.63, 3.8) is 0 Å². The Hall–Kier alpha value is -0.980. The van der Waals surface area contributed by atoms with Gasteiger partial charge in [-0.3, -0.25) is 0 Å². The van der Waals surface area contributed by atoms with Crippen molar-refractivity contribution >= 4 is 0 Å². The molecule has 0 radical (unpaired) electrons. The lowest BCUT2D eigenvalue weighted by molar-refractivity contribution is 0.443. The van der Waals surface area contributed by atoms with Gasteiger partial charge in [0.2, 0.25) is 0 Å². The number of benzene rings is 1. The molecule has 0 aromatic heterocycles. The molecular formula is C15H22O. The zero-order chi connectivity index (χ0) is 11.4. The maximum atomic E-state index is 9.29. The molecule has 1 aliphatic rings. The van der Waals surface area contributed by atoms with Gasteiger partial charge < -0.3 is 5.11 Å². The topological polar surface area (TPSA) is 20.2 Å². The van der Waals surface area contributed by atoms with Crippen molar-refractivity contribution in [2.45, 2.75) is 51.4 Å². The summed E-state index contributed by atoms with van der Waals surface area (Å²) in [5.74, 6) is 2.04. The molecule has 1 aromatic carbocycles. The van der Waals surface area contributed by atoms with Gasteiger partial charge in [-0.15, -0.1) is 0 Å². The van der Waals surface area contributed by atoms with Gasteiger partial charge in [-0.2, -0.15) is 0 Å². The number of hydrogen-bond donors (Lipinski definition) is 1. The molecule has 1 aliphatic carbocycles. The second-order valence-electron chi connectivity index (χ2n) is 5.07. The van der Waals surface area contributed by atoms with Crippen LogP contribution in [0, 0.1) is 5.92 Å². The van der Waals surface area contributed by atoms with E-state index in [-0.39, 0.29) is 0 Å². The normalized spacial score (nSPS) is 26.3. The molecule has 1 saturated carbocycles. The van der Waals surface area contributed by atoms with E-state index in [2.05, 4.69) is 19.1 Å². The smallest absolute Gasteiger partial charge is 0.115 e. The summed E-state index contributed by atoms with van der Waals surface area (Å²) in [5.41, 5.74) is 1.41. The van der Waals surface area contributed by atoms with E-state index < -0.39 is 0 Å². The average Bonchev–Trinajstić information content (AvgIpc) is 2.55. The van der Waals surface area contributed by atoms with Gasteiger partial charge in [0, 0.05) is 0 Å². The number of phenolic OH excluding ortho intramolecular Hbond substituents is 1. The van der Waals surface area contributed by atoms with Gasteiger partial charge in [0.05, 0.1) is 0 Å². The Bertz CT molecular complexity index is 315. The van der Waals surface area contributed by atoms with Gasteiger partial charge in [0.15, 0.2) is 0 Å². The largest absolute Gasteiger partial charge is 0.508 e. The summed E-state index contributed by atoms with van der Waals surface area (Å²) < 4.78 is 0. The molecule has 0 saturated heterocycles. The van der Waals surface area contributed by atoms with Crippen LogP contribution in [0.2, 0.25) is 0 Å². The van der Waals surface area contributed by atoms with E-state index in [9.17, 15) is 5.11 Å². The minimum atomic E-state index is 0.379. The van der Waals surface area contributed by atoms with Crippen molar-refractivity contribution in [2.75, 3.05) is 0 Å². The summed E-state index contributed by atoms with van der Waals surface area (Å²) >= 11 is 0. The fourth-order valence-corrected chi connectivity index (χ4v) is 2.87. The van der Waals surface area contributed by atoms with Crippen LogP contribution < -0.4 is 0 Å². The first kappa shape index (κ1) is 11.5. The van der Waals surface area contributed by atoms with E-state index in [4.69, 9.17) is 0 Å². The fourth-order valence-electron chi connectivity index (χ4n) is 2.87. The van der Waals surface area contributed by atoms with Crippen LogP contribution in [0.1, 0.15) is 56.9 Å². The number of aromatic hydroxyl groups is 1. The Kier molecular flexibility index (Phi) is 3.87. The van der Waals surface area contributed by atoms with Crippen molar-refractivity contribution < 1.29 is 5.11 Å².